The molecule has 0 aliphatic carbocycles. The molecule has 1 aromatic carbocycles. The summed E-state index contributed by atoms with van der Waals surface area (Å²) in [7, 11) is -8.94. The Kier molecular flexibility index (Phi) is 4.36. The van der Waals surface area contributed by atoms with Crippen molar-refractivity contribution in [2.75, 3.05) is 7.11 Å². The van der Waals surface area contributed by atoms with Crippen LogP contribution in [0.15, 0.2) is 30.5 Å². The normalized spacial score (nSPS) is 15.7. The predicted molar refractivity (Wildman–Crippen MR) is 84.6 cm³/mol. The summed E-state index contributed by atoms with van der Waals surface area (Å²) < 4.78 is 66.8. The molecule has 0 spiro atoms. The monoisotopic (exact) mass is 385 g/mol. The first-order valence-electron chi connectivity index (χ1n) is 7.35. The number of aromatic nitrogens is 1. The van der Waals surface area contributed by atoms with Gasteiger partial charge in [0.1, 0.15) is 5.75 Å². The molecule has 1 aliphatic heterocycles. The number of aryl methyl sites for hydroxylation is 1. The quantitative estimate of drug-likeness (QED) is 0.287. The molecule has 25 heavy (non-hydrogen) atoms. The maximum atomic E-state index is 9.87. The minimum atomic E-state index is -10.7. The van der Waals surface area contributed by atoms with E-state index in [0.29, 0.717) is 0 Å². The SMILES string of the molecule is COc1ccc2c(c1)C[n+]1ccc(C)c(C)c1C2.F[P-](F)(F)(F)(F)F. The van der Waals surface area contributed by atoms with Crippen LogP contribution in [-0.2, 0) is 13.0 Å². The molecule has 1 aromatic heterocycles. The average Bonchev–Trinajstić information content (AvgIpc) is 2.46. The van der Waals surface area contributed by atoms with E-state index in [9.17, 15) is 25.2 Å². The van der Waals surface area contributed by atoms with Crippen molar-refractivity contribution in [3.8, 4) is 5.75 Å². The molecule has 0 unspecified atom stereocenters. The summed E-state index contributed by atoms with van der Waals surface area (Å²) in [6.07, 6.45) is 3.22. The Balaban J connectivity index is 0.000000277. The molecule has 0 fully saturated rings. The molecular weight excluding hydrogens is 367 g/mol. The second kappa shape index (κ2) is 5.59. The molecule has 0 saturated carbocycles. The van der Waals surface area contributed by atoms with E-state index in [2.05, 4.69) is 48.9 Å². The van der Waals surface area contributed by atoms with E-state index >= 15 is 0 Å². The van der Waals surface area contributed by atoms with Gasteiger partial charge in [-0.25, -0.2) is 0 Å². The molecule has 2 nitrogen and oxygen atoms in total. The van der Waals surface area contributed by atoms with Gasteiger partial charge in [-0.3, -0.25) is 0 Å². The van der Waals surface area contributed by atoms with Crippen molar-refractivity contribution in [1.29, 1.82) is 0 Å². The first-order chi connectivity index (χ1) is 11.1. The number of rotatable bonds is 1. The molecule has 2 heterocycles. The Bertz CT molecular complexity index is 806. The number of halogens is 6. The van der Waals surface area contributed by atoms with E-state index in [1.807, 2.05) is 0 Å². The minimum absolute atomic E-state index is 0.946. The van der Waals surface area contributed by atoms with Crippen LogP contribution in [0.3, 0.4) is 0 Å². The van der Waals surface area contributed by atoms with Gasteiger partial charge in [0.05, 0.1) is 13.5 Å². The zero-order valence-electron chi connectivity index (χ0n) is 13.9. The fraction of sp³-hybridized carbons (Fsp3) is 0.312. The number of nitrogens with zero attached hydrogens (tertiary/aromatic N) is 1. The molecule has 0 N–H and O–H groups in total. The Labute approximate surface area is 141 Å². The van der Waals surface area contributed by atoms with Gasteiger partial charge in [-0.1, -0.05) is 6.07 Å². The number of pyridine rings is 1. The molecule has 0 amide bonds. The van der Waals surface area contributed by atoms with Crippen molar-refractivity contribution in [1.82, 2.24) is 0 Å². The van der Waals surface area contributed by atoms with Crippen molar-refractivity contribution in [2.24, 2.45) is 0 Å². The van der Waals surface area contributed by atoms with Crippen molar-refractivity contribution < 1.29 is 34.5 Å². The van der Waals surface area contributed by atoms with Crippen LogP contribution in [0.5, 0.6) is 5.75 Å². The fourth-order valence-corrected chi connectivity index (χ4v) is 2.65. The molecular formula is C16H18F6NOP. The zero-order chi connectivity index (χ0) is 19.1. The Morgan fingerprint density at radius 1 is 0.960 bits per heavy atom. The third-order valence-corrected chi connectivity index (χ3v) is 3.99. The maximum absolute atomic E-state index is 10.7. The van der Waals surface area contributed by atoms with E-state index < -0.39 is 7.81 Å². The first-order valence-corrected chi connectivity index (χ1v) is 9.37. The summed E-state index contributed by atoms with van der Waals surface area (Å²) in [6, 6.07) is 8.60. The molecule has 2 aromatic rings. The number of hydrogen-bond donors (Lipinski definition) is 0. The van der Waals surface area contributed by atoms with Gasteiger partial charge in [-0.2, -0.15) is 4.57 Å². The van der Waals surface area contributed by atoms with Crippen molar-refractivity contribution in [3.63, 3.8) is 0 Å². The Morgan fingerprint density at radius 2 is 1.56 bits per heavy atom. The summed E-state index contributed by atoms with van der Waals surface area (Å²) in [4.78, 5) is 0. The molecule has 3 rings (SSSR count). The van der Waals surface area contributed by atoms with Gasteiger partial charge >= 0.3 is 33.0 Å². The first kappa shape index (κ1) is 19.5. The molecule has 0 atom stereocenters. The second-order valence-corrected chi connectivity index (χ2v) is 7.88. The molecule has 1 aliphatic rings. The number of hydrogen-bond acceptors (Lipinski definition) is 1. The van der Waals surface area contributed by atoms with Crippen LogP contribution in [0.25, 0.3) is 0 Å². The van der Waals surface area contributed by atoms with E-state index in [0.717, 1.165) is 18.7 Å². The molecule has 0 saturated heterocycles. The fourth-order valence-electron chi connectivity index (χ4n) is 2.65. The Hall–Kier alpha value is -1.82. The third kappa shape index (κ3) is 6.20. The van der Waals surface area contributed by atoms with Crippen LogP contribution < -0.4 is 9.30 Å². The second-order valence-electron chi connectivity index (χ2n) is 5.97. The predicted octanol–water partition coefficient (Wildman–Crippen LogP) is 5.93. The summed E-state index contributed by atoms with van der Waals surface area (Å²) in [6.45, 7) is 5.35. The number of fused-ring (bicyclic) bond motifs is 2. The van der Waals surface area contributed by atoms with Crippen LogP contribution >= 0.6 is 7.81 Å². The number of benzene rings is 1. The number of methoxy groups -OCH3 is 1. The van der Waals surface area contributed by atoms with E-state index in [4.69, 9.17) is 4.74 Å². The molecule has 0 bridgehead atoms. The topological polar surface area (TPSA) is 13.1 Å². The van der Waals surface area contributed by atoms with Crippen LogP contribution in [-0.4, -0.2) is 7.11 Å². The van der Waals surface area contributed by atoms with Gasteiger partial charge in [0.15, 0.2) is 18.4 Å². The summed E-state index contributed by atoms with van der Waals surface area (Å²) in [5.74, 6) is 0.946. The van der Waals surface area contributed by atoms with E-state index in [1.165, 1.54) is 27.9 Å². The Morgan fingerprint density at radius 3 is 2.12 bits per heavy atom. The van der Waals surface area contributed by atoms with E-state index in [1.54, 1.807) is 7.11 Å². The van der Waals surface area contributed by atoms with Crippen LogP contribution in [0, 0.1) is 13.8 Å². The summed E-state index contributed by atoms with van der Waals surface area (Å²) in [5, 5.41) is 0. The van der Waals surface area contributed by atoms with Crippen LogP contribution in [0.4, 0.5) is 25.2 Å². The van der Waals surface area contributed by atoms with Gasteiger partial charge in [0.2, 0.25) is 0 Å². The van der Waals surface area contributed by atoms with Gasteiger partial charge in [0.25, 0.3) is 0 Å². The standard InChI is InChI=1S/C16H18NO.F6P/c1-11-6-7-17-10-14-8-15(18-3)5-4-13(14)9-16(17)12(11)2;1-7(2,3,4,5)6/h4-8H,9-10H2,1-3H3;/q+1;-1. The third-order valence-electron chi connectivity index (χ3n) is 3.99. The summed E-state index contributed by atoms with van der Waals surface area (Å²) >= 11 is 0. The summed E-state index contributed by atoms with van der Waals surface area (Å²) in [5.41, 5.74) is 7.02. The van der Waals surface area contributed by atoms with Crippen molar-refractivity contribution >= 4 is 7.81 Å². The molecule has 9 heteroatoms. The van der Waals surface area contributed by atoms with Crippen LogP contribution in [0.2, 0.25) is 0 Å². The van der Waals surface area contributed by atoms with Gasteiger partial charge in [-0.05, 0) is 37.1 Å². The van der Waals surface area contributed by atoms with Crippen molar-refractivity contribution in [3.05, 3.63) is 58.4 Å². The van der Waals surface area contributed by atoms with Gasteiger partial charge in [-0.15, -0.1) is 0 Å². The zero-order valence-corrected chi connectivity index (χ0v) is 14.8. The van der Waals surface area contributed by atoms with E-state index in [-0.39, 0.29) is 0 Å². The number of ether oxygens (including phenoxy) is 1. The van der Waals surface area contributed by atoms with Gasteiger partial charge < -0.3 is 4.74 Å². The average molecular weight is 385 g/mol. The van der Waals surface area contributed by atoms with Gasteiger partial charge in [0, 0.05) is 17.2 Å². The van der Waals surface area contributed by atoms with Crippen LogP contribution in [0.1, 0.15) is 27.9 Å². The van der Waals surface area contributed by atoms with Crippen molar-refractivity contribution in [2.45, 2.75) is 26.8 Å². The molecule has 0 radical (unpaired) electrons. The molecule has 140 valence electrons.